The number of ketones is 1. The van der Waals surface area contributed by atoms with Crippen molar-refractivity contribution in [2.24, 2.45) is 5.92 Å². The van der Waals surface area contributed by atoms with E-state index in [2.05, 4.69) is 10.6 Å². The summed E-state index contributed by atoms with van der Waals surface area (Å²) >= 11 is 1.39. The first-order chi connectivity index (χ1) is 12.4. The fourth-order valence-corrected chi connectivity index (χ4v) is 3.86. The molecule has 7 heteroatoms. The molecule has 6 nitrogen and oxygen atoms in total. The number of Topliss-reactive ketones (excluding diaryl/α,β-unsaturated/α-hetero) is 1. The molecule has 1 aromatic carbocycles. The second-order valence-corrected chi connectivity index (χ2v) is 7.93. The minimum atomic E-state index is -0.693. The van der Waals surface area contributed by atoms with Crippen LogP contribution in [0.5, 0.6) is 0 Å². The highest BCUT2D eigenvalue weighted by molar-refractivity contribution is 7.20. The van der Waals surface area contributed by atoms with Crippen LogP contribution in [0.4, 0.5) is 0 Å². The Morgan fingerprint density at radius 1 is 1.31 bits per heavy atom. The Labute approximate surface area is 155 Å². The number of carbonyl (C=O) groups is 3. The highest BCUT2D eigenvalue weighted by atomic mass is 32.1. The van der Waals surface area contributed by atoms with Crippen molar-refractivity contribution in [3.8, 4) is 0 Å². The van der Waals surface area contributed by atoms with E-state index in [0.717, 1.165) is 10.1 Å². The van der Waals surface area contributed by atoms with Gasteiger partial charge in [0.2, 0.25) is 5.91 Å². The second kappa shape index (κ2) is 7.97. The van der Waals surface area contributed by atoms with Gasteiger partial charge in [0.15, 0.2) is 5.78 Å². The standard InChI is InChI=1S/C19H22N2O4S/c1-11(2)7-13(18(23)21-14-9-25-10-15(14)22)20-19(24)17-8-12-5-3-4-6-16(12)26-17/h3-6,8,11,13-14H,7,9-10H2,1-2H3,(H,20,24)(H,21,23)/t13-,14?/m0/s1. The molecule has 2 atom stereocenters. The van der Waals surface area contributed by atoms with Crippen LogP contribution in [0.1, 0.15) is 29.9 Å². The Kier molecular flexibility index (Phi) is 5.68. The lowest BCUT2D eigenvalue weighted by Crippen LogP contribution is -2.51. The molecule has 2 aromatic rings. The zero-order valence-electron chi connectivity index (χ0n) is 14.8. The minimum Gasteiger partial charge on any atom is -0.371 e. The number of ether oxygens (including phenoxy) is 1. The maximum absolute atomic E-state index is 12.6. The Bertz CT molecular complexity index is 797. The van der Waals surface area contributed by atoms with Crippen LogP contribution in [0.25, 0.3) is 10.1 Å². The van der Waals surface area contributed by atoms with Gasteiger partial charge in [-0.2, -0.15) is 0 Å². The SMILES string of the molecule is CC(C)C[C@H](NC(=O)c1cc2ccccc2s1)C(=O)NC1COCC1=O. The molecule has 1 unspecified atom stereocenters. The van der Waals surface area contributed by atoms with Gasteiger partial charge in [0.25, 0.3) is 5.91 Å². The van der Waals surface area contributed by atoms with E-state index in [0.29, 0.717) is 11.3 Å². The van der Waals surface area contributed by atoms with Gasteiger partial charge in [0.05, 0.1) is 11.5 Å². The van der Waals surface area contributed by atoms with Crippen LogP contribution >= 0.6 is 11.3 Å². The van der Waals surface area contributed by atoms with Gasteiger partial charge in [0.1, 0.15) is 18.7 Å². The molecule has 138 valence electrons. The predicted molar refractivity (Wildman–Crippen MR) is 100 cm³/mol. The summed E-state index contributed by atoms with van der Waals surface area (Å²) in [5, 5.41) is 6.52. The Morgan fingerprint density at radius 3 is 2.73 bits per heavy atom. The van der Waals surface area contributed by atoms with Crippen molar-refractivity contribution in [2.45, 2.75) is 32.4 Å². The van der Waals surface area contributed by atoms with Crippen LogP contribution < -0.4 is 10.6 Å². The fraction of sp³-hybridized carbons (Fsp3) is 0.421. The van der Waals surface area contributed by atoms with Gasteiger partial charge in [-0.05, 0) is 29.9 Å². The summed E-state index contributed by atoms with van der Waals surface area (Å²) in [6.45, 7) is 4.17. The van der Waals surface area contributed by atoms with Crippen LogP contribution in [0.15, 0.2) is 30.3 Å². The quantitative estimate of drug-likeness (QED) is 0.811. The zero-order chi connectivity index (χ0) is 18.7. The lowest BCUT2D eigenvalue weighted by atomic mass is 10.0. The molecule has 26 heavy (non-hydrogen) atoms. The van der Waals surface area contributed by atoms with Crippen molar-refractivity contribution in [3.05, 3.63) is 35.2 Å². The molecular formula is C19H22N2O4S. The number of carbonyl (C=O) groups excluding carboxylic acids is 3. The van der Waals surface area contributed by atoms with Gasteiger partial charge in [-0.3, -0.25) is 14.4 Å². The van der Waals surface area contributed by atoms with E-state index in [9.17, 15) is 14.4 Å². The lowest BCUT2D eigenvalue weighted by molar-refractivity contribution is -0.127. The normalized spacial score (nSPS) is 18.3. The van der Waals surface area contributed by atoms with Gasteiger partial charge in [0, 0.05) is 4.70 Å². The molecule has 0 bridgehead atoms. The van der Waals surface area contributed by atoms with Gasteiger partial charge >= 0.3 is 0 Å². The summed E-state index contributed by atoms with van der Waals surface area (Å²) < 4.78 is 6.09. The molecular weight excluding hydrogens is 352 g/mol. The molecule has 0 saturated carbocycles. The van der Waals surface area contributed by atoms with E-state index in [1.54, 1.807) is 0 Å². The van der Waals surface area contributed by atoms with Gasteiger partial charge < -0.3 is 15.4 Å². The molecule has 1 saturated heterocycles. The highest BCUT2D eigenvalue weighted by Crippen LogP contribution is 2.25. The van der Waals surface area contributed by atoms with E-state index in [1.807, 2.05) is 44.2 Å². The Hall–Kier alpha value is -2.25. The molecule has 3 rings (SSSR count). The number of amides is 2. The highest BCUT2D eigenvalue weighted by Gasteiger charge is 2.30. The number of fused-ring (bicyclic) bond motifs is 1. The van der Waals surface area contributed by atoms with Gasteiger partial charge in [-0.15, -0.1) is 11.3 Å². The number of thiophene rings is 1. The summed E-state index contributed by atoms with van der Waals surface area (Å²) in [5.41, 5.74) is 0. The van der Waals surface area contributed by atoms with E-state index in [4.69, 9.17) is 4.74 Å². The molecule has 1 aromatic heterocycles. The Balaban J connectivity index is 1.71. The monoisotopic (exact) mass is 374 g/mol. The third kappa shape index (κ3) is 4.28. The van der Waals surface area contributed by atoms with Crippen LogP contribution in [0.3, 0.4) is 0 Å². The first kappa shape index (κ1) is 18.5. The van der Waals surface area contributed by atoms with Crippen LogP contribution in [-0.2, 0) is 14.3 Å². The van der Waals surface area contributed by atoms with Gasteiger partial charge in [-0.1, -0.05) is 32.0 Å². The third-order valence-corrected chi connectivity index (χ3v) is 5.33. The summed E-state index contributed by atoms with van der Waals surface area (Å²) in [4.78, 5) is 37.5. The van der Waals surface area contributed by atoms with Crippen LogP contribution in [0, 0.1) is 5.92 Å². The van der Waals surface area contributed by atoms with Crippen LogP contribution in [0.2, 0.25) is 0 Å². The Morgan fingerprint density at radius 2 is 2.08 bits per heavy atom. The molecule has 0 aliphatic carbocycles. The topological polar surface area (TPSA) is 84.5 Å². The molecule has 2 amide bonds. The van der Waals surface area contributed by atoms with Crippen molar-refractivity contribution in [3.63, 3.8) is 0 Å². The van der Waals surface area contributed by atoms with Crippen molar-refractivity contribution >= 4 is 39.0 Å². The van der Waals surface area contributed by atoms with E-state index >= 15 is 0 Å². The molecule has 1 aliphatic heterocycles. The summed E-state index contributed by atoms with van der Waals surface area (Å²) in [6.07, 6.45) is 0.490. The maximum Gasteiger partial charge on any atom is 0.262 e. The number of hydrogen-bond donors (Lipinski definition) is 2. The summed E-state index contributed by atoms with van der Waals surface area (Å²) in [7, 11) is 0. The molecule has 2 heterocycles. The fourth-order valence-electron chi connectivity index (χ4n) is 2.89. The predicted octanol–water partition coefficient (Wildman–Crippen LogP) is 2.13. The molecule has 0 spiro atoms. The molecule has 1 fully saturated rings. The van der Waals surface area contributed by atoms with E-state index in [-0.39, 0.29) is 36.7 Å². The first-order valence-electron chi connectivity index (χ1n) is 8.64. The average molecular weight is 374 g/mol. The summed E-state index contributed by atoms with van der Waals surface area (Å²) in [5.74, 6) is -0.556. The largest absolute Gasteiger partial charge is 0.371 e. The second-order valence-electron chi connectivity index (χ2n) is 6.85. The van der Waals surface area contributed by atoms with Crippen molar-refractivity contribution in [1.29, 1.82) is 0 Å². The molecule has 0 radical (unpaired) electrons. The lowest BCUT2D eigenvalue weighted by Gasteiger charge is -2.21. The molecule has 2 N–H and O–H groups in total. The number of nitrogens with one attached hydrogen (secondary N) is 2. The number of hydrogen-bond acceptors (Lipinski definition) is 5. The number of benzene rings is 1. The third-order valence-electron chi connectivity index (χ3n) is 4.21. The average Bonchev–Trinajstić information content (AvgIpc) is 3.20. The maximum atomic E-state index is 12.6. The molecule has 1 aliphatic rings. The van der Waals surface area contributed by atoms with Crippen molar-refractivity contribution in [2.75, 3.05) is 13.2 Å². The smallest absolute Gasteiger partial charge is 0.262 e. The minimum absolute atomic E-state index is 0.0218. The number of rotatable bonds is 6. The van der Waals surface area contributed by atoms with E-state index in [1.165, 1.54) is 11.3 Å². The van der Waals surface area contributed by atoms with Crippen LogP contribution in [-0.4, -0.2) is 42.9 Å². The first-order valence-corrected chi connectivity index (χ1v) is 9.46. The van der Waals surface area contributed by atoms with Crippen molar-refractivity contribution in [1.82, 2.24) is 10.6 Å². The summed E-state index contributed by atoms with van der Waals surface area (Å²) in [6, 6.07) is 8.27. The van der Waals surface area contributed by atoms with Crippen molar-refractivity contribution < 1.29 is 19.1 Å². The van der Waals surface area contributed by atoms with Gasteiger partial charge in [-0.25, -0.2) is 0 Å². The van der Waals surface area contributed by atoms with E-state index < -0.39 is 12.1 Å². The zero-order valence-corrected chi connectivity index (χ0v) is 15.6.